The van der Waals surface area contributed by atoms with Crippen LogP contribution >= 0.6 is 0 Å². The molecule has 174 valence electrons. The summed E-state index contributed by atoms with van der Waals surface area (Å²) in [7, 11) is 0. The number of rotatable bonds is 10. The Hall–Kier alpha value is -2.36. The molecular weight excluding hydrogens is 404 g/mol. The molecule has 0 aromatic heterocycles. The van der Waals surface area contributed by atoms with E-state index >= 15 is 0 Å². The van der Waals surface area contributed by atoms with E-state index in [4.69, 9.17) is 10.5 Å². The van der Waals surface area contributed by atoms with Crippen LogP contribution in [0.1, 0.15) is 64.2 Å². The minimum Gasteiger partial charge on any atom is -0.436 e. The van der Waals surface area contributed by atoms with Gasteiger partial charge in [0.2, 0.25) is 5.91 Å². The Morgan fingerprint density at radius 3 is 2.35 bits per heavy atom. The summed E-state index contributed by atoms with van der Waals surface area (Å²) in [6.45, 7) is 0.517. The van der Waals surface area contributed by atoms with Gasteiger partial charge in [-0.2, -0.15) is 0 Å². The highest BCUT2D eigenvalue weighted by atomic mass is 16.6. The third-order valence-electron chi connectivity index (χ3n) is 6.43. The van der Waals surface area contributed by atoms with Gasteiger partial charge in [-0.1, -0.05) is 32.1 Å². The molecule has 10 heteroatoms. The Kier molecular flexibility index (Phi) is 8.11. The summed E-state index contributed by atoms with van der Waals surface area (Å²) >= 11 is 0. The number of nitrogens with one attached hydrogen (secondary N) is 3. The molecule has 0 spiro atoms. The van der Waals surface area contributed by atoms with Crippen LogP contribution in [0.3, 0.4) is 0 Å². The van der Waals surface area contributed by atoms with E-state index in [0.29, 0.717) is 19.4 Å². The molecule has 0 aromatic carbocycles. The summed E-state index contributed by atoms with van der Waals surface area (Å²) in [6.07, 6.45) is 4.25. The number of aliphatic hydroxyl groups is 1. The summed E-state index contributed by atoms with van der Waals surface area (Å²) in [5.41, 5.74) is 5.18. The van der Waals surface area contributed by atoms with Crippen LogP contribution < -0.4 is 21.7 Å². The number of hydrogen-bond donors (Lipinski definition) is 5. The van der Waals surface area contributed by atoms with Crippen molar-refractivity contribution in [2.45, 2.75) is 88.5 Å². The molecule has 1 aliphatic heterocycles. The van der Waals surface area contributed by atoms with Crippen molar-refractivity contribution < 1.29 is 29.0 Å². The standard InChI is InChI=1S/C21H34N4O6/c22-21(30)31-16(10-12-4-2-1-3-5-12)19(28)25-15(11-13-8-9-23-18(13)27)17(26)20(29)24-14-6-7-14/h12-17,26H,1-11H2,(H2,22,30)(H,23,27)(H,24,29)(H,25,28)/t13-,15-,16-,17?/m0/s1. The molecule has 0 bridgehead atoms. The van der Waals surface area contributed by atoms with Gasteiger partial charge in [0.05, 0.1) is 6.04 Å². The van der Waals surface area contributed by atoms with Gasteiger partial charge in [-0.3, -0.25) is 14.4 Å². The van der Waals surface area contributed by atoms with Gasteiger partial charge in [-0.25, -0.2) is 4.79 Å². The van der Waals surface area contributed by atoms with Crippen molar-refractivity contribution >= 4 is 23.8 Å². The average Bonchev–Trinajstić information content (AvgIpc) is 3.46. The molecule has 2 saturated carbocycles. The summed E-state index contributed by atoms with van der Waals surface area (Å²) in [5, 5.41) is 18.8. The van der Waals surface area contributed by atoms with E-state index < -0.39 is 42.1 Å². The fourth-order valence-electron chi connectivity index (χ4n) is 4.49. The molecule has 2 aliphatic carbocycles. The van der Waals surface area contributed by atoms with Crippen molar-refractivity contribution in [3.63, 3.8) is 0 Å². The van der Waals surface area contributed by atoms with Gasteiger partial charge in [-0.15, -0.1) is 0 Å². The van der Waals surface area contributed by atoms with Crippen molar-refractivity contribution in [2.75, 3.05) is 6.54 Å². The molecule has 4 atom stereocenters. The van der Waals surface area contributed by atoms with Crippen LogP contribution in [0, 0.1) is 11.8 Å². The number of aliphatic hydroxyl groups excluding tert-OH is 1. The molecule has 1 unspecified atom stereocenters. The van der Waals surface area contributed by atoms with Gasteiger partial charge in [-0.05, 0) is 38.0 Å². The maximum atomic E-state index is 13.0. The third kappa shape index (κ3) is 7.09. The number of nitrogens with two attached hydrogens (primary N) is 1. The second-order valence-corrected chi connectivity index (χ2v) is 9.02. The van der Waals surface area contributed by atoms with Crippen molar-refractivity contribution in [1.82, 2.24) is 16.0 Å². The lowest BCUT2D eigenvalue weighted by Gasteiger charge is -2.29. The van der Waals surface area contributed by atoms with E-state index in [1.54, 1.807) is 0 Å². The van der Waals surface area contributed by atoms with Crippen LogP contribution in [-0.4, -0.2) is 59.8 Å². The van der Waals surface area contributed by atoms with E-state index in [9.17, 15) is 24.3 Å². The first-order valence-electron chi connectivity index (χ1n) is 11.4. The predicted octanol–water partition coefficient (Wildman–Crippen LogP) is 0.0712. The number of amides is 4. The Morgan fingerprint density at radius 2 is 1.77 bits per heavy atom. The zero-order valence-corrected chi connectivity index (χ0v) is 17.8. The molecule has 3 aliphatic rings. The second kappa shape index (κ2) is 10.8. The van der Waals surface area contributed by atoms with Crippen molar-refractivity contribution in [3.8, 4) is 0 Å². The maximum absolute atomic E-state index is 13.0. The van der Waals surface area contributed by atoms with Gasteiger partial charge in [0.25, 0.3) is 11.8 Å². The fourth-order valence-corrected chi connectivity index (χ4v) is 4.49. The number of hydrogen-bond acceptors (Lipinski definition) is 6. The van der Waals surface area contributed by atoms with Gasteiger partial charge < -0.3 is 31.5 Å². The molecule has 3 fully saturated rings. The number of ether oxygens (including phenoxy) is 1. The highest BCUT2D eigenvalue weighted by Gasteiger charge is 2.38. The largest absolute Gasteiger partial charge is 0.436 e. The predicted molar refractivity (Wildman–Crippen MR) is 110 cm³/mol. The average molecular weight is 439 g/mol. The monoisotopic (exact) mass is 438 g/mol. The molecule has 10 nitrogen and oxygen atoms in total. The molecule has 0 aromatic rings. The lowest BCUT2D eigenvalue weighted by molar-refractivity contribution is -0.137. The van der Waals surface area contributed by atoms with Gasteiger partial charge in [0, 0.05) is 18.5 Å². The zero-order valence-electron chi connectivity index (χ0n) is 17.8. The Morgan fingerprint density at radius 1 is 1.06 bits per heavy atom. The summed E-state index contributed by atoms with van der Waals surface area (Å²) < 4.78 is 5.09. The number of carbonyl (C=O) groups is 4. The molecule has 1 saturated heterocycles. The minimum absolute atomic E-state index is 0.0468. The van der Waals surface area contributed by atoms with E-state index in [1.165, 1.54) is 0 Å². The smallest absolute Gasteiger partial charge is 0.405 e. The van der Waals surface area contributed by atoms with E-state index in [-0.39, 0.29) is 24.3 Å². The zero-order chi connectivity index (χ0) is 22.4. The van der Waals surface area contributed by atoms with Crippen LogP contribution in [-0.2, 0) is 19.1 Å². The SMILES string of the molecule is NC(=O)O[C@@H](CC1CCCCC1)C(=O)N[C@@H](C[C@@H]1CCNC1=O)C(O)C(=O)NC1CC1. The maximum Gasteiger partial charge on any atom is 0.405 e. The first kappa shape index (κ1) is 23.3. The number of primary amides is 1. The van der Waals surface area contributed by atoms with Crippen molar-refractivity contribution in [3.05, 3.63) is 0 Å². The normalized spacial score (nSPS) is 24.5. The van der Waals surface area contributed by atoms with Crippen LogP contribution in [0.2, 0.25) is 0 Å². The van der Waals surface area contributed by atoms with Crippen LogP contribution in [0.25, 0.3) is 0 Å². The van der Waals surface area contributed by atoms with Crippen molar-refractivity contribution in [2.24, 2.45) is 17.6 Å². The molecule has 31 heavy (non-hydrogen) atoms. The molecule has 4 amide bonds. The van der Waals surface area contributed by atoms with Gasteiger partial charge in [0.15, 0.2) is 12.2 Å². The number of carbonyl (C=O) groups excluding carboxylic acids is 4. The van der Waals surface area contributed by atoms with E-state index in [0.717, 1.165) is 44.9 Å². The lowest BCUT2D eigenvalue weighted by atomic mass is 9.85. The summed E-state index contributed by atoms with van der Waals surface area (Å²) in [6, 6.07) is -0.934. The quantitative estimate of drug-likeness (QED) is 0.324. The van der Waals surface area contributed by atoms with Crippen LogP contribution in [0.5, 0.6) is 0 Å². The van der Waals surface area contributed by atoms with Crippen LogP contribution in [0.4, 0.5) is 4.79 Å². The van der Waals surface area contributed by atoms with Gasteiger partial charge in [0.1, 0.15) is 0 Å². The Bertz CT molecular complexity index is 677. The Balaban J connectivity index is 1.67. The fraction of sp³-hybridized carbons (Fsp3) is 0.810. The highest BCUT2D eigenvalue weighted by molar-refractivity contribution is 5.86. The first-order chi connectivity index (χ1) is 14.8. The molecule has 6 N–H and O–H groups in total. The molecule has 0 radical (unpaired) electrons. The highest BCUT2D eigenvalue weighted by Crippen LogP contribution is 2.28. The second-order valence-electron chi connectivity index (χ2n) is 9.02. The minimum atomic E-state index is -1.51. The van der Waals surface area contributed by atoms with E-state index in [1.807, 2.05) is 0 Å². The molecular formula is C21H34N4O6. The van der Waals surface area contributed by atoms with Crippen LogP contribution in [0.15, 0.2) is 0 Å². The first-order valence-corrected chi connectivity index (χ1v) is 11.4. The molecule has 1 heterocycles. The third-order valence-corrected chi connectivity index (χ3v) is 6.43. The lowest BCUT2D eigenvalue weighted by Crippen LogP contribution is -2.54. The van der Waals surface area contributed by atoms with Crippen molar-refractivity contribution in [1.29, 1.82) is 0 Å². The van der Waals surface area contributed by atoms with Gasteiger partial charge >= 0.3 is 6.09 Å². The summed E-state index contributed by atoms with van der Waals surface area (Å²) in [4.78, 5) is 48.8. The topological polar surface area (TPSA) is 160 Å². The molecule has 3 rings (SSSR count). The van der Waals surface area contributed by atoms with E-state index in [2.05, 4.69) is 16.0 Å². The summed E-state index contributed by atoms with van der Waals surface area (Å²) in [5.74, 6) is -1.52. The Labute approximate surface area is 182 Å².